The Morgan fingerprint density at radius 2 is 1.72 bits per heavy atom. The van der Waals surface area contributed by atoms with E-state index in [4.69, 9.17) is 9.84 Å². The molecule has 0 aliphatic heterocycles. The molecule has 1 aromatic carbocycles. The topological polar surface area (TPSA) is 63.6 Å². The standard InChI is InChI=1S/C14H18O4/c1-9(2)8-10(3)18-14(17)12-7-5-4-6-11(12)13(15)16/h4-7,9-10H,8H2,1-3H3,(H,15,16). The molecule has 1 aromatic rings. The van der Waals surface area contributed by atoms with Crippen LogP contribution in [0.25, 0.3) is 0 Å². The van der Waals surface area contributed by atoms with Gasteiger partial charge < -0.3 is 9.84 Å². The van der Waals surface area contributed by atoms with E-state index >= 15 is 0 Å². The molecule has 18 heavy (non-hydrogen) atoms. The van der Waals surface area contributed by atoms with Crippen LogP contribution in [-0.4, -0.2) is 23.1 Å². The second-order valence-electron chi connectivity index (χ2n) is 4.70. The lowest BCUT2D eigenvalue weighted by atomic mass is 10.1. The summed E-state index contributed by atoms with van der Waals surface area (Å²) in [6.07, 6.45) is 0.528. The van der Waals surface area contributed by atoms with E-state index in [0.717, 1.165) is 6.42 Å². The summed E-state index contributed by atoms with van der Waals surface area (Å²) in [6.45, 7) is 5.88. The van der Waals surface area contributed by atoms with E-state index in [1.165, 1.54) is 12.1 Å². The summed E-state index contributed by atoms with van der Waals surface area (Å²) in [6, 6.07) is 6.06. The van der Waals surface area contributed by atoms with E-state index in [9.17, 15) is 9.59 Å². The molecule has 0 aliphatic carbocycles. The Hall–Kier alpha value is -1.84. The zero-order valence-electron chi connectivity index (χ0n) is 10.8. The third-order valence-electron chi connectivity index (χ3n) is 2.49. The number of rotatable bonds is 5. The Morgan fingerprint density at radius 1 is 1.17 bits per heavy atom. The van der Waals surface area contributed by atoms with Crippen molar-refractivity contribution in [2.45, 2.75) is 33.3 Å². The van der Waals surface area contributed by atoms with Gasteiger partial charge in [-0.05, 0) is 31.4 Å². The molecule has 1 N–H and O–H groups in total. The second kappa shape index (κ2) is 6.19. The van der Waals surface area contributed by atoms with Crippen molar-refractivity contribution in [3.63, 3.8) is 0 Å². The second-order valence-corrected chi connectivity index (χ2v) is 4.70. The van der Waals surface area contributed by atoms with Crippen molar-refractivity contribution in [3.05, 3.63) is 35.4 Å². The summed E-state index contributed by atoms with van der Waals surface area (Å²) >= 11 is 0. The highest BCUT2D eigenvalue weighted by atomic mass is 16.5. The first-order valence-electron chi connectivity index (χ1n) is 5.95. The van der Waals surface area contributed by atoms with Crippen LogP contribution in [0.2, 0.25) is 0 Å². The van der Waals surface area contributed by atoms with E-state index in [-0.39, 0.29) is 17.2 Å². The summed E-state index contributed by atoms with van der Waals surface area (Å²) in [5, 5.41) is 8.99. The Labute approximate surface area is 107 Å². The molecule has 4 nitrogen and oxygen atoms in total. The molecule has 1 rings (SSSR count). The Bertz CT molecular complexity index is 437. The average Bonchev–Trinajstić information content (AvgIpc) is 2.27. The van der Waals surface area contributed by atoms with Crippen LogP contribution in [0.3, 0.4) is 0 Å². The molecular formula is C14H18O4. The first kappa shape index (κ1) is 14.2. The van der Waals surface area contributed by atoms with Gasteiger partial charge in [0.2, 0.25) is 0 Å². The fraction of sp³-hybridized carbons (Fsp3) is 0.429. The van der Waals surface area contributed by atoms with Crippen molar-refractivity contribution in [1.29, 1.82) is 0 Å². The summed E-state index contributed by atoms with van der Waals surface area (Å²) < 4.78 is 5.24. The minimum Gasteiger partial charge on any atom is -0.478 e. The van der Waals surface area contributed by atoms with Gasteiger partial charge in [0, 0.05) is 0 Å². The fourth-order valence-corrected chi connectivity index (χ4v) is 1.81. The van der Waals surface area contributed by atoms with Crippen LogP contribution in [0.5, 0.6) is 0 Å². The number of carboxylic acids is 1. The summed E-state index contributed by atoms with van der Waals surface area (Å²) in [5.41, 5.74) is 0.0693. The lowest BCUT2D eigenvalue weighted by Gasteiger charge is -2.15. The van der Waals surface area contributed by atoms with E-state index in [0.29, 0.717) is 5.92 Å². The maximum absolute atomic E-state index is 11.9. The largest absolute Gasteiger partial charge is 0.478 e. The van der Waals surface area contributed by atoms with Crippen molar-refractivity contribution < 1.29 is 19.4 Å². The minimum atomic E-state index is -1.13. The van der Waals surface area contributed by atoms with E-state index in [1.807, 2.05) is 13.8 Å². The van der Waals surface area contributed by atoms with Gasteiger partial charge in [-0.2, -0.15) is 0 Å². The number of carboxylic acid groups (broad SMARTS) is 1. The molecule has 0 amide bonds. The fourth-order valence-electron chi connectivity index (χ4n) is 1.81. The number of hydrogen-bond donors (Lipinski definition) is 1. The molecule has 0 heterocycles. The van der Waals surface area contributed by atoms with Crippen LogP contribution in [0.4, 0.5) is 0 Å². The summed E-state index contributed by atoms with van der Waals surface area (Å²) in [5.74, 6) is -1.29. The molecule has 0 aliphatic rings. The quantitative estimate of drug-likeness (QED) is 0.816. The molecule has 0 fully saturated rings. The van der Waals surface area contributed by atoms with Gasteiger partial charge >= 0.3 is 11.9 Å². The van der Waals surface area contributed by atoms with Gasteiger partial charge in [-0.3, -0.25) is 0 Å². The van der Waals surface area contributed by atoms with Crippen LogP contribution in [-0.2, 0) is 4.74 Å². The Kier molecular flexibility index (Phi) is 4.89. The number of benzene rings is 1. The molecule has 0 saturated carbocycles. The smallest absolute Gasteiger partial charge is 0.339 e. The highest BCUT2D eigenvalue weighted by Gasteiger charge is 2.19. The lowest BCUT2D eigenvalue weighted by molar-refractivity contribution is 0.0294. The first-order valence-corrected chi connectivity index (χ1v) is 5.95. The van der Waals surface area contributed by atoms with Crippen LogP contribution in [0, 0.1) is 5.92 Å². The van der Waals surface area contributed by atoms with Crippen molar-refractivity contribution in [2.24, 2.45) is 5.92 Å². The van der Waals surface area contributed by atoms with Crippen LogP contribution in [0.1, 0.15) is 47.9 Å². The molecule has 0 aromatic heterocycles. The van der Waals surface area contributed by atoms with Crippen LogP contribution in [0.15, 0.2) is 24.3 Å². The number of carbonyl (C=O) groups excluding carboxylic acids is 1. The van der Waals surface area contributed by atoms with E-state index in [2.05, 4.69) is 0 Å². The molecule has 1 unspecified atom stereocenters. The molecule has 0 bridgehead atoms. The number of hydrogen-bond acceptors (Lipinski definition) is 3. The molecule has 0 spiro atoms. The normalized spacial score (nSPS) is 12.2. The maximum atomic E-state index is 11.9. The predicted octanol–water partition coefficient (Wildman–Crippen LogP) is 2.98. The molecule has 0 radical (unpaired) electrons. The van der Waals surface area contributed by atoms with Gasteiger partial charge in [0.25, 0.3) is 0 Å². The minimum absolute atomic E-state index is 0.0285. The number of ether oxygens (including phenoxy) is 1. The van der Waals surface area contributed by atoms with Gasteiger partial charge in [-0.15, -0.1) is 0 Å². The van der Waals surface area contributed by atoms with Gasteiger partial charge in [0.05, 0.1) is 17.2 Å². The third kappa shape index (κ3) is 3.87. The van der Waals surface area contributed by atoms with Gasteiger partial charge in [-0.25, -0.2) is 9.59 Å². The maximum Gasteiger partial charge on any atom is 0.339 e. The number of carbonyl (C=O) groups is 2. The predicted molar refractivity (Wildman–Crippen MR) is 67.7 cm³/mol. The zero-order valence-corrected chi connectivity index (χ0v) is 10.8. The van der Waals surface area contributed by atoms with Crippen molar-refractivity contribution in [1.82, 2.24) is 0 Å². The average molecular weight is 250 g/mol. The van der Waals surface area contributed by atoms with Crippen molar-refractivity contribution >= 4 is 11.9 Å². The van der Waals surface area contributed by atoms with Crippen LogP contribution < -0.4 is 0 Å². The van der Waals surface area contributed by atoms with E-state index < -0.39 is 11.9 Å². The SMILES string of the molecule is CC(C)CC(C)OC(=O)c1ccccc1C(=O)O. The summed E-state index contributed by atoms with van der Waals surface area (Å²) in [7, 11) is 0. The zero-order chi connectivity index (χ0) is 13.7. The van der Waals surface area contributed by atoms with Crippen molar-refractivity contribution in [2.75, 3.05) is 0 Å². The third-order valence-corrected chi connectivity index (χ3v) is 2.49. The molecule has 0 saturated heterocycles. The number of esters is 1. The molecule has 98 valence electrons. The highest BCUT2D eigenvalue weighted by molar-refractivity contribution is 6.02. The van der Waals surface area contributed by atoms with Crippen molar-refractivity contribution in [3.8, 4) is 0 Å². The molecular weight excluding hydrogens is 232 g/mol. The lowest BCUT2D eigenvalue weighted by Crippen LogP contribution is -2.19. The number of aromatic carboxylic acids is 1. The van der Waals surface area contributed by atoms with Gasteiger partial charge in [-0.1, -0.05) is 26.0 Å². The molecule has 1 atom stereocenters. The van der Waals surface area contributed by atoms with E-state index in [1.54, 1.807) is 19.1 Å². The monoisotopic (exact) mass is 250 g/mol. The van der Waals surface area contributed by atoms with Crippen LogP contribution >= 0.6 is 0 Å². The summed E-state index contributed by atoms with van der Waals surface area (Å²) in [4.78, 5) is 22.9. The first-order chi connectivity index (χ1) is 8.41. The highest BCUT2D eigenvalue weighted by Crippen LogP contribution is 2.14. The Morgan fingerprint density at radius 3 is 2.22 bits per heavy atom. The van der Waals surface area contributed by atoms with Gasteiger partial charge in [0.1, 0.15) is 0 Å². The molecule has 4 heteroatoms. The Balaban J connectivity index is 2.81. The van der Waals surface area contributed by atoms with Gasteiger partial charge in [0.15, 0.2) is 0 Å².